The molecule has 15 heteroatoms. The number of rotatable bonds is 11. The highest BCUT2D eigenvalue weighted by molar-refractivity contribution is 7.92. The second-order valence-corrected chi connectivity index (χ2v) is 11.6. The lowest BCUT2D eigenvalue weighted by Gasteiger charge is -2.25. The summed E-state index contributed by atoms with van der Waals surface area (Å²) in [4.78, 5) is 20.5. The summed E-state index contributed by atoms with van der Waals surface area (Å²) >= 11 is 0. The summed E-state index contributed by atoms with van der Waals surface area (Å²) < 4.78 is 80.2. The molecule has 1 atom stereocenters. The average Bonchev–Trinajstić information content (AvgIpc) is 3.55. The number of anilines is 2. The fourth-order valence-electron chi connectivity index (χ4n) is 4.51. The minimum atomic E-state index is -3.83. The van der Waals surface area contributed by atoms with E-state index in [1.165, 1.54) is 48.5 Å². The number of sulfonamides is 1. The number of benzene rings is 1. The van der Waals surface area contributed by atoms with E-state index >= 15 is 0 Å². The highest BCUT2D eigenvalue weighted by atomic mass is 32.2. The molecule has 3 aromatic heterocycles. The third-order valence-corrected chi connectivity index (χ3v) is 8.07. The molecule has 0 amide bonds. The number of nitrogens with zero attached hydrogens (tertiary/aromatic N) is 3. The van der Waals surface area contributed by atoms with Crippen LogP contribution < -0.4 is 19.9 Å². The van der Waals surface area contributed by atoms with Gasteiger partial charge in [-0.3, -0.25) is 13.9 Å². The number of nitrogens with one attached hydrogen (secondary N) is 2. The fourth-order valence-corrected chi connectivity index (χ4v) is 5.60. The van der Waals surface area contributed by atoms with Crippen LogP contribution in [-0.4, -0.2) is 59.3 Å². The number of carbonyl (C=O) groups is 1. The summed E-state index contributed by atoms with van der Waals surface area (Å²) in [5.41, 5.74) is 7.95. The maximum atomic E-state index is 14.9. The Hall–Kier alpha value is -4.79. The molecule has 0 fully saturated rings. The summed E-state index contributed by atoms with van der Waals surface area (Å²) in [6.45, 7) is 0.893. The van der Waals surface area contributed by atoms with Gasteiger partial charge in [-0.1, -0.05) is 12.2 Å². The molecule has 3 heterocycles. The number of halogens is 3. The van der Waals surface area contributed by atoms with Gasteiger partial charge in [0.1, 0.15) is 11.6 Å². The van der Waals surface area contributed by atoms with Gasteiger partial charge in [-0.15, -0.1) is 0 Å². The zero-order valence-corrected chi connectivity index (χ0v) is 23.8. The smallest absolute Gasteiger partial charge is 0.304 e. The Bertz CT molecular complexity index is 1880. The second-order valence-electron chi connectivity index (χ2n) is 9.76. The molecule has 4 aromatic rings. The van der Waals surface area contributed by atoms with Gasteiger partial charge in [0, 0.05) is 23.4 Å². The van der Waals surface area contributed by atoms with Gasteiger partial charge < -0.3 is 20.2 Å². The average molecular weight is 617 g/mol. The molecule has 0 radical (unpaired) electrons. The highest BCUT2D eigenvalue weighted by Gasteiger charge is 2.38. The summed E-state index contributed by atoms with van der Waals surface area (Å²) in [7, 11) is -2.47. The number of hydrogen-bond acceptors (Lipinski definition) is 8. The quantitative estimate of drug-likeness (QED) is 0.202. The molecular formula is C28H27F3N6O5S. The predicted molar refractivity (Wildman–Crippen MR) is 154 cm³/mol. The second kappa shape index (κ2) is 11.5. The van der Waals surface area contributed by atoms with Crippen molar-refractivity contribution in [3.05, 3.63) is 77.5 Å². The minimum Gasteiger partial charge on any atom is -0.495 e. The van der Waals surface area contributed by atoms with Crippen LogP contribution in [0.4, 0.5) is 24.7 Å². The van der Waals surface area contributed by atoms with Gasteiger partial charge >= 0.3 is 5.85 Å². The van der Waals surface area contributed by atoms with E-state index in [0.717, 1.165) is 6.08 Å². The number of methoxy groups -OCH3 is 1. The number of aromatic nitrogens is 4. The summed E-state index contributed by atoms with van der Waals surface area (Å²) in [5, 5.41) is 4.78. The van der Waals surface area contributed by atoms with Gasteiger partial charge in [0.2, 0.25) is 21.7 Å². The Morgan fingerprint density at radius 3 is 2.74 bits per heavy atom. The van der Waals surface area contributed by atoms with Crippen LogP contribution in [0.1, 0.15) is 34.5 Å². The summed E-state index contributed by atoms with van der Waals surface area (Å²) in [6.07, 6.45) is 5.94. The topological polar surface area (TPSA) is 154 Å². The number of H-pyrrole nitrogens is 1. The first-order valence-corrected chi connectivity index (χ1v) is 14.6. The first-order chi connectivity index (χ1) is 20.4. The van der Waals surface area contributed by atoms with E-state index in [1.807, 2.05) is 0 Å². The molecule has 0 spiro atoms. The van der Waals surface area contributed by atoms with Crippen molar-refractivity contribution in [3.8, 4) is 17.3 Å². The molecule has 1 aliphatic rings. The monoisotopic (exact) mass is 616 g/mol. The minimum absolute atomic E-state index is 0.00512. The van der Waals surface area contributed by atoms with Gasteiger partial charge in [-0.25, -0.2) is 22.5 Å². The van der Waals surface area contributed by atoms with Crippen molar-refractivity contribution >= 4 is 38.2 Å². The molecular weight excluding hydrogens is 589 g/mol. The summed E-state index contributed by atoms with van der Waals surface area (Å²) in [6, 6.07) is 5.97. The van der Waals surface area contributed by atoms with Gasteiger partial charge in [0.05, 0.1) is 54.6 Å². The summed E-state index contributed by atoms with van der Waals surface area (Å²) in [5.74, 6) is -4.59. The highest BCUT2D eigenvalue weighted by Crippen LogP contribution is 2.35. The Balaban J connectivity index is 1.40. The Labute approximate surface area is 244 Å². The molecule has 43 heavy (non-hydrogen) atoms. The van der Waals surface area contributed by atoms with Crippen LogP contribution in [-0.2, 0) is 10.0 Å². The van der Waals surface area contributed by atoms with Crippen LogP contribution in [0.5, 0.6) is 11.6 Å². The molecule has 1 unspecified atom stereocenters. The van der Waals surface area contributed by atoms with Crippen molar-refractivity contribution in [3.63, 3.8) is 0 Å². The fraction of sp³-hybridized carbons (Fsp3) is 0.250. The van der Waals surface area contributed by atoms with E-state index in [-0.39, 0.29) is 47.2 Å². The van der Waals surface area contributed by atoms with Crippen molar-refractivity contribution in [1.82, 2.24) is 19.7 Å². The van der Waals surface area contributed by atoms with E-state index in [1.54, 1.807) is 19.1 Å². The van der Waals surface area contributed by atoms with E-state index in [0.29, 0.717) is 22.2 Å². The number of alkyl halides is 2. The van der Waals surface area contributed by atoms with Crippen LogP contribution in [0, 0.1) is 6.92 Å². The number of nitrogens with two attached hydrogens (primary N) is 1. The molecule has 1 aliphatic carbocycles. The number of aromatic amines is 1. The SMILES string of the molecule is COc1cc2cc(C(=O)c3cnn(-c4cnc(OC5(F)CC=CC=C5F)cc4C)c3N)[nH]c2cc1NS(=O)(=O)CCCF. The van der Waals surface area contributed by atoms with Crippen LogP contribution in [0.25, 0.3) is 16.6 Å². The van der Waals surface area contributed by atoms with Crippen LogP contribution >= 0.6 is 0 Å². The third-order valence-electron chi connectivity index (χ3n) is 6.72. The van der Waals surface area contributed by atoms with Crippen molar-refractivity contribution < 1.29 is 35.9 Å². The number of ketones is 1. The van der Waals surface area contributed by atoms with Gasteiger partial charge in [0.25, 0.3) is 0 Å². The van der Waals surface area contributed by atoms with E-state index in [4.69, 9.17) is 15.2 Å². The lowest BCUT2D eigenvalue weighted by atomic mass is 10.1. The normalized spacial score (nSPS) is 16.7. The lowest BCUT2D eigenvalue weighted by molar-refractivity contribution is -0.0464. The largest absolute Gasteiger partial charge is 0.495 e. The van der Waals surface area contributed by atoms with Crippen molar-refractivity contribution in [2.75, 3.05) is 30.0 Å². The van der Waals surface area contributed by atoms with Crippen LogP contribution in [0.2, 0.25) is 0 Å². The molecule has 1 aromatic carbocycles. The zero-order valence-electron chi connectivity index (χ0n) is 23.0. The molecule has 0 bridgehead atoms. The molecule has 11 nitrogen and oxygen atoms in total. The van der Waals surface area contributed by atoms with Crippen molar-refractivity contribution in [2.45, 2.75) is 25.6 Å². The number of ether oxygens (including phenoxy) is 2. The van der Waals surface area contributed by atoms with E-state index in [2.05, 4.69) is 19.8 Å². The molecule has 0 aliphatic heterocycles. The van der Waals surface area contributed by atoms with Crippen LogP contribution in [0.3, 0.4) is 0 Å². The van der Waals surface area contributed by atoms with Crippen LogP contribution in [0.15, 0.2) is 60.7 Å². The number of carbonyl (C=O) groups excluding carboxylic acids is 1. The number of fused-ring (bicyclic) bond motifs is 1. The number of pyridine rings is 1. The molecule has 226 valence electrons. The number of nitrogen functional groups attached to an aromatic ring is 1. The van der Waals surface area contributed by atoms with Crippen molar-refractivity contribution in [1.29, 1.82) is 0 Å². The standard InChI is InChI=1S/C28H27F3N6O5S/c1-16-10-25(42-28(31)7-4-3-6-24(28)30)33-15-22(16)37-27(32)18(14-34-37)26(38)21-11-17-12-23(41-2)20(13-19(17)35-21)36-43(39,40)9-5-8-29/h3-4,6,10-15,35-36H,5,7-9,32H2,1-2H3. The van der Waals surface area contributed by atoms with Gasteiger partial charge in [-0.2, -0.15) is 9.49 Å². The Morgan fingerprint density at radius 2 is 2.05 bits per heavy atom. The van der Waals surface area contributed by atoms with Gasteiger partial charge in [0.15, 0.2) is 5.83 Å². The lowest BCUT2D eigenvalue weighted by Crippen LogP contribution is -2.32. The Kier molecular flexibility index (Phi) is 7.92. The third kappa shape index (κ3) is 5.93. The molecule has 0 saturated heterocycles. The molecule has 0 saturated carbocycles. The zero-order chi connectivity index (χ0) is 30.9. The van der Waals surface area contributed by atoms with E-state index in [9.17, 15) is 26.4 Å². The number of hydrogen-bond donors (Lipinski definition) is 3. The number of allylic oxidation sites excluding steroid dienone is 2. The maximum Gasteiger partial charge on any atom is 0.304 e. The number of aryl methyl sites for hydroxylation is 1. The molecule has 4 N–H and O–H groups in total. The predicted octanol–water partition coefficient (Wildman–Crippen LogP) is 4.84. The van der Waals surface area contributed by atoms with Crippen molar-refractivity contribution in [2.24, 2.45) is 0 Å². The first-order valence-electron chi connectivity index (χ1n) is 13.0. The molecule has 5 rings (SSSR count). The van der Waals surface area contributed by atoms with Gasteiger partial charge in [-0.05, 0) is 43.2 Å². The first kappa shape index (κ1) is 29.7. The van der Waals surface area contributed by atoms with E-state index < -0.39 is 39.9 Å². The maximum absolute atomic E-state index is 14.9. The Morgan fingerprint density at radius 1 is 1.26 bits per heavy atom.